The lowest BCUT2D eigenvalue weighted by molar-refractivity contribution is -0.114. The summed E-state index contributed by atoms with van der Waals surface area (Å²) in [5, 5.41) is 11.1. The molecule has 0 aromatic heterocycles. The van der Waals surface area contributed by atoms with Crippen LogP contribution in [-0.2, 0) is 4.79 Å². The van der Waals surface area contributed by atoms with Crippen molar-refractivity contribution in [1.29, 1.82) is 0 Å². The van der Waals surface area contributed by atoms with E-state index in [0.717, 1.165) is 16.8 Å². The molecular weight excluding hydrogens is 280 g/mol. The molecule has 0 spiro atoms. The molecule has 22 heavy (non-hydrogen) atoms. The summed E-state index contributed by atoms with van der Waals surface area (Å²) >= 11 is 0. The van der Waals surface area contributed by atoms with Gasteiger partial charge < -0.3 is 16.2 Å². The van der Waals surface area contributed by atoms with Crippen LogP contribution in [-0.4, -0.2) is 23.5 Å². The van der Waals surface area contributed by atoms with Crippen molar-refractivity contribution >= 4 is 17.6 Å². The molecule has 116 valence electrons. The van der Waals surface area contributed by atoms with E-state index in [1.54, 1.807) is 30.3 Å². The van der Waals surface area contributed by atoms with Crippen molar-refractivity contribution in [3.05, 3.63) is 65.2 Å². The Hall–Kier alpha value is -2.66. The van der Waals surface area contributed by atoms with Crippen LogP contribution in [0.1, 0.15) is 21.5 Å². The van der Waals surface area contributed by atoms with E-state index in [1.165, 1.54) is 0 Å². The molecule has 1 amide bonds. The van der Waals surface area contributed by atoms with Crippen LogP contribution in [0.15, 0.2) is 48.5 Å². The van der Waals surface area contributed by atoms with E-state index < -0.39 is 5.97 Å². The summed E-state index contributed by atoms with van der Waals surface area (Å²) < 4.78 is 0. The number of benzene rings is 2. The second kappa shape index (κ2) is 8.59. The van der Waals surface area contributed by atoms with Gasteiger partial charge in [-0.25, -0.2) is 4.79 Å². The van der Waals surface area contributed by atoms with Gasteiger partial charge in [0.05, 0.1) is 12.1 Å². The normalized spacial score (nSPS) is 9.41. The molecule has 0 bridgehead atoms. The molecule has 0 unspecified atom stereocenters. The molecule has 2 rings (SSSR count). The zero-order valence-corrected chi connectivity index (χ0v) is 12.7. The number of nitrogens with one attached hydrogen (secondary N) is 1. The summed E-state index contributed by atoms with van der Waals surface area (Å²) in [4.78, 5) is 21.3. The van der Waals surface area contributed by atoms with E-state index in [4.69, 9.17) is 10.8 Å². The van der Waals surface area contributed by atoms with Crippen LogP contribution in [0.2, 0.25) is 0 Å². The SMILES string of the molecule is Cc1cccc(C)c1NC(=O)CN.O=C(O)c1ccccc1. The van der Waals surface area contributed by atoms with Gasteiger partial charge in [0.15, 0.2) is 0 Å². The van der Waals surface area contributed by atoms with Crippen LogP contribution in [0.4, 0.5) is 5.69 Å². The van der Waals surface area contributed by atoms with Crippen LogP contribution in [0.5, 0.6) is 0 Å². The lowest BCUT2D eigenvalue weighted by atomic mass is 10.1. The maximum atomic E-state index is 11.0. The van der Waals surface area contributed by atoms with Crippen molar-refractivity contribution in [2.75, 3.05) is 11.9 Å². The summed E-state index contributed by atoms with van der Waals surface area (Å²) in [5.74, 6) is -1.03. The van der Waals surface area contributed by atoms with Gasteiger partial charge >= 0.3 is 5.97 Å². The molecule has 2 aromatic rings. The fraction of sp³-hybridized carbons (Fsp3) is 0.176. The Morgan fingerprint density at radius 2 is 1.55 bits per heavy atom. The average Bonchev–Trinajstić information content (AvgIpc) is 2.52. The third-order valence-electron chi connectivity index (χ3n) is 2.95. The van der Waals surface area contributed by atoms with E-state index in [2.05, 4.69) is 5.32 Å². The molecule has 4 N–H and O–H groups in total. The topological polar surface area (TPSA) is 92.4 Å². The number of carboxylic acid groups (broad SMARTS) is 1. The monoisotopic (exact) mass is 300 g/mol. The van der Waals surface area contributed by atoms with Gasteiger partial charge in [0.1, 0.15) is 0 Å². The summed E-state index contributed by atoms with van der Waals surface area (Å²) in [6, 6.07) is 14.2. The first kappa shape index (κ1) is 17.4. The van der Waals surface area contributed by atoms with Crippen LogP contribution >= 0.6 is 0 Å². The first-order valence-corrected chi connectivity index (χ1v) is 6.80. The molecule has 0 heterocycles. The Labute approximate surface area is 129 Å². The molecule has 2 aromatic carbocycles. The molecule has 0 atom stereocenters. The minimum absolute atomic E-state index is 0.0216. The van der Waals surface area contributed by atoms with Crippen LogP contribution < -0.4 is 11.1 Å². The fourth-order valence-corrected chi connectivity index (χ4v) is 1.78. The maximum absolute atomic E-state index is 11.0. The van der Waals surface area contributed by atoms with Crippen molar-refractivity contribution < 1.29 is 14.7 Å². The second-order valence-electron chi connectivity index (χ2n) is 4.69. The van der Waals surface area contributed by atoms with Gasteiger partial charge in [0.2, 0.25) is 5.91 Å². The van der Waals surface area contributed by atoms with E-state index >= 15 is 0 Å². The lowest BCUT2D eigenvalue weighted by Gasteiger charge is -2.09. The van der Waals surface area contributed by atoms with Crippen molar-refractivity contribution in [2.45, 2.75) is 13.8 Å². The number of anilines is 1. The minimum Gasteiger partial charge on any atom is -0.478 e. The number of rotatable bonds is 3. The Balaban J connectivity index is 0.000000235. The number of carboxylic acids is 1. The number of amides is 1. The van der Waals surface area contributed by atoms with Gasteiger partial charge in [-0.05, 0) is 37.1 Å². The molecule has 0 saturated heterocycles. The first-order chi connectivity index (χ1) is 10.5. The molecule has 0 radical (unpaired) electrons. The highest BCUT2D eigenvalue weighted by Gasteiger charge is 2.04. The molecule has 5 heteroatoms. The number of nitrogens with two attached hydrogens (primary N) is 1. The minimum atomic E-state index is -0.879. The van der Waals surface area contributed by atoms with Gasteiger partial charge in [-0.15, -0.1) is 0 Å². The molecule has 0 aliphatic carbocycles. The van der Waals surface area contributed by atoms with E-state index in [0.29, 0.717) is 5.56 Å². The summed E-state index contributed by atoms with van der Waals surface area (Å²) in [7, 11) is 0. The van der Waals surface area contributed by atoms with Gasteiger partial charge in [-0.3, -0.25) is 4.79 Å². The predicted octanol–water partition coefficient (Wildman–Crippen LogP) is 2.59. The zero-order chi connectivity index (χ0) is 16.5. The number of carbonyl (C=O) groups is 2. The fourth-order valence-electron chi connectivity index (χ4n) is 1.78. The maximum Gasteiger partial charge on any atom is 0.335 e. The summed E-state index contributed by atoms with van der Waals surface area (Å²) in [6.07, 6.45) is 0. The van der Waals surface area contributed by atoms with E-state index in [1.807, 2.05) is 32.0 Å². The van der Waals surface area contributed by atoms with Crippen LogP contribution in [0.3, 0.4) is 0 Å². The van der Waals surface area contributed by atoms with Crippen LogP contribution in [0.25, 0.3) is 0 Å². The highest BCUT2D eigenvalue weighted by molar-refractivity contribution is 5.93. The van der Waals surface area contributed by atoms with Gasteiger partial charge in [-0.1, -0.05) is 36.4 Å². The largest absolute Gasteiger partial charge is 0.478 e. The highest BCUT2D eigenvalue weighted by atomic mass is 16.4. The molecule has 0 aliphatic heterocycles. The quantitative estimate of drug-likeness (QED) is 0.812. The van der Waals surface area contributed by atoms with Gasteiger partial charge in [-0.2, -0.15) is 0 Å². The molecule has 5 nitrogen and oxygen atoms in total. The van der Waals surface area contributed by atoms with E-state index in [-0.39, 0.29) is 12.5 Å². The number of carbonyl (C=O) groups excluding carboxylic acids is 1. The zero-order valence-electron chi connectivity index (χ0n) is 12.7. The molecule has 0 saturated carbocycles. The van der Waals surface area contributed by atoms with Crippen molar-refractivity contribution in [2.24, 2.45) is 5.73 Å². The number of para-hydroxylation sites is 1. The summed E-state index contributed by atoms with van der Waals surface area (Å²) in [6.45, 7) is 3.94. The molecule has 0 fully saturated rings. The smallest absolute Gasteiger partial charge is 0.335 e. The first-order valence-electron chi connectivity index (χ1n) is 6.80. The third-order valence-corrected chi connectivity index (χ3v) is 2.95. The Bertz CT molecular complexity index is 619. The number of hydrogen-bond donors (Lipinski definition) is 3. The highest BCUT2D eigenvalue weighted by Crippen LogP contribution is 2.18. The van der Waals surface area contributed by atoms with Crippen molar-refractivity contribution in [3.8, 4) is 0 Å². The standard InChI is InChI=1S/C10H14N2O.C7H6O2/c1-7-4-3-5-8(2)10(7)12-9(13)6-11;8-7(9)6-4-2-1-3-5-6/h3-5H,6,11H2,1-2H3,(H,12,13);1-5H,(H,8,9). The van der Waals surface area contributed by atoms with Crippen LogP contribution in [0, 0.1) is 13.8 Å². The lowest BCUT2D eigenvalue weighted by Crippen LogP contribution is -2.22. The number of aromatic carboxylic acids is 1. The van der Waals surface area contributed by atoms with Crippen molar-refractivity contribution in [3.63, 3.8) is 0 Å². The summed E-state index contributed by atoms with van der Waals surface area (Å²) in [5.41, 5.74) is 8.53. The number of aryl methyl sites for hydroxylation is 2. The molecular formula is C17H20N2O3. The van der Waals surface area contributed by atoms with E-state index in [9.17, 15) is 9.59 Å². The Kier molecular flexibility index (Phi) is 6.79. The van der Waals surface area contributed by atoms with Gasteiger partial charge in [0.25, 0.3) is 0 Å². The molecule has 0 aliphatic rings. The number of hydrogen-bond acceptors (Lipinski definition) is 3. The average molecular weight is 300 g/mol. The van der Waals surface area contributed by atoms with Crippen molar-refractivity contribution in [1.82, 2.24) is 0 Å². The Morgan fingerprint density at radius 1 is 1.00 bits per heavy atom. The third kappa shape index (κ3) is 5.38. The Morgan fingerprint density at radius 3 is 1.95 bits per heavy atom. The second-order valence-corrected chi connectivity index (χ2v) is 4.69. The predicted molar refractivity (Wildman–Crippen MR) is 87.0 cm³/mol. The van der Waals surface area contributed by atoms with Gasteiger partial charge in [0, 0.05) is 5.69 Å².